The van der Waals surface area contributed by atoms with E-state index < -0.39 is 8.07 Å². The van der Waals surface area contributed by atoms with Crippen molar-refractivity contribution in [2.45, 2.75) is 85.0 Å². The summed E-state index contributed by atoms with van der Waals surface area (Å²) in [5.74, 6) is 0. The molecular weight excluding hydrogens is 675 g/mol. The van der Waals surface area contributed by atoms with E-state index in [4.69, 9.17) is 0 Å². The quantitative estimate of drug-likeness (QED) is 0.128. The molecule has 0 unspecified atom stereocenters. The molecule has 0 bridgehead atoms. The maximum Gasteiger partial charge on any atom is -1.00 e. The Balaban J connectivity index is 0.00000245. The minimum atomic E-state index is -2.61. The van der Waals surface area contributed by atoms with Crippen LogP contribution in [0.2, 0.25) is 0 Å². The number of rotatable bonds is 14. The third-order valence-corrected chi connectivity index (χ3v) is 14.9. The summed E-state index contributed by atoms with van der Waals surface area (Å²) in [4.78, 5) is 0. The predicted molar refractivity (Wildman–Crippen MR) is 186 cm³/mol. The molecule has 0 saturated heterocycles. The first-order valence-corrected chi connectivity index (χ1v) is 19.4. The zero-order chi connectivity index (χ0) is 30.1. The molecule has 0 spiro atoms. The second-order valence-electron chi connectivity index (χ2n) is 12.2. The molecule has 0 saturated carbocycles. The summed E-state index contributed by atoms with van der Waals surface area (Å²) >= 11 is 2.32. The zero-order valence-electron chi connectivity index (χ0n) is 27.6. The van der Waals surface area contributed by atoms with Crippen molar-refractivity contribution in [3.05, 3.63) is 141 Å². The zero-order valence-corrected chi connectivity index (χ0v) is 32.4. The molecule has 1 aliphatic carbocycles. The van der Waals surface area contributed by atoms with E-state index in [0.29, 0.717) is 0 Å². The van der Waals surface area contributed by atoms with Crippen molar-refractivity contribution in [3.8, 4) is 0 Å². The molecule has 1 aliphatic rings. The van der Waals surface area contributed by atoms with Crippen molar-refractivity contribution >= 4 is 29.2 Å². The van der Waals surface area contributed by atoms with Gasteiger partial charge in [0.05, 0.1) is 0 Å². The average molecular weight is 722 g/mol. The van der Waals surface area contributed by atoms with Crippen molar-refractivity contribution in [1.29, 1.82) is 0 Å². The van der Waals surface area contributed by atoms with Gasteiger partial charge in [0.25, 0.3) is 0 Å². The Labute approximate surface area is 310 Å². The van der Waals surface area contributed by atoms with Crippen molar-refractivity contribution in [2.75, 3.05) is 0 Å². The van der Waals surface area contributed by atoms with Crippen LogP contribution in [0.25, 0.3) is 5.57 Å². The minimum absolute atomic E-state index is 0. The van der Waals surface area contributed by atoms with E-state index in [-0.39, 0.29) is 37.2 Å². The minimum Gasteiger partial charge on any atom is -1.00 e. The van der Waals surface area contributed by atoms with E-state index in [2.05, 4.69) is 150 Å². The Kier molecular flexibility index (Phi) is 17.4. The summed E-state index contributed by atoms with van der Waals surface area (Å²) in [6.07, 6.45) is 14.4. The Hall–Kier alpha value is -1.84. The number of hydrogen-bond acceptors (Lipinski definition) is 0. The van der Waals surface area contributed by atoms with Gasteiger partial charge in [-0.15, -0.1) is 0 Å². The van der Waals surface area contributed by atoms with Crippen LogP contribution in [0.4, 0.5) is 0 Å². The molecule has 4 aromatic rings. The molecule has 0 N–H and O–H groups in total. The molecule has 46 heavy (non-hydrogen) atoms. The molecule has 0 nitrogen and oxygen atoms in total. The average Bonchev–Trinajstić information content (AvgIpc) is 3.45. The van der Waals surface area contributed by atoms with Gasteiger partial charge in [0.2, 0.25) is 0 Å². The van der Waals surface area contributed by atoms with Crippen LogP contribution >= 0.6 is 0 Å². The van der Waals surface area contributed by atoms with Crippen molar-refractivity contribution < 1.29 is 57.7 Å². The van der Waals surface area contributed by atoms with Gasteiger partial charge in [0.1, 0.15) is 0 Å². The van der Waals surface area contributed by atoms with Crippen molar-refractivity contribution in [2.24, 2.45) is 0 Å². The van der Waals surface area contributed by atoms with Crippen LogP contribution in [0, 0.1) is 0 Å². The Morgan fingerprint density at radius 2 is 0.891 bits per heavy atom. The molecule has 5 rings (SSSR count). The fourth-order valence-corrected chi connectivity index (χ4v) is 12.7. The van der Waals surface area contributed by atoms with Crippen LogP contribution in [0.15, 0.2) is 118 Å². The van der Waals surface area contributed by atoms with E-state index >= 15 is 0 Å². The van der Waals surface area contributed by atoms with Crippen LogP contribution in [0.5, 0.6) is 0 Å². The first-order valence-electron chi connectivity index (χ1n) is 16.6. The number of benzene rings is 4. The fourth-order valence-electron chi connectivity index (χ4n) is 6.78. The van der Waals surface area contributed by atoms with Gasteiger partial charge >= 0.3 is 275 Å². The predicted octanol–water partition coefficient (Wildman–Crippen LogP) is 0.0240. The molecule has 0 fully saturated rings. The maximum atomic E-state index is 2.50. The molecular formula is C41H47Cl3SiTi. The second-order valence-corrected chi connectivity index (χ2v) is 16.9. The molecule has 5 heteroatoms. The van der Waals surface area contributed by atoms with Crippen molar-refractivity contribution in [1.82, 2.24) is 0 Å². The topological polar surface area (TPSA) is 0 Å². The molecule has 4 aromatic carbocycles. The van der Waals surface area contributed by atoms with Crippen LogP contribution in [-0.2, 0) is 39.7 Å². The Morgan fingerprint density at radius 1 is 0.522 bits per heavy atom. The van der Waals surface area contributed by atoms with E-state index in [9.17, 15) is 0 Å². The van der Waals surface area contributed by atoms with Crippen LogP contribution in [0.3, 0.4) is 0 Å². The van der Waals surface area contributed by atoms with Crippen LogP contribution in [0.1, 0.15) is 88.0 Å². The van der Waals surface area contributed by atoms with Gasteiger partial charge in [-0.05, 0) is 0 Å². The maximum absolute atomic E-state index is 2.61. The number of allylic oxidation sites excluding steroid dienone is 4. The number of aryl methyl sites for hydroxylation is 3. The first-order chi connectivity index (χ1) is 21.1. The third-order valence-electron chi connectivity index (χ3n) is 9.21. The van der Waals surface area contributed by atoms with Crippen LogP contribution < -0.4 is 52.8 Å². The number of unbranched alkanes of at least 4 members (excludes halogenated alkanes) is 3. The second kappa shape index (κ2) is 19.9. The molecule has 0 heterocycles. The molecule has 240 valence electrons. The van der Waals surface area contributed by atoms with Gasteiger partial charge in [-0.25, -0.2) is 0 Å². The van der Waals surface area contributed by atoms with Gasteiger partial charge in [0.15, 0.2) is 0 Å². The van der Waals surface area contributed by atoms with E-state index in [1.54, 1.807) is 5.20 Å². The Bertz CT molecular complexity index is 1400. The largest absolute Gasteiger partial charge is 1.00 e. The summed E-state index contributed by atoms with van der Waals surface area (Å²) in [7, 11) is -2.61. The molecule has 0 radical (unpaired) electrons. The summed E-state index contributed by atoms with van der Waals surface area (Å²) in [6.45, 7) is 6.86. The van der Waals surface area contributed by atoms with E-state index in [0.717, 1.165) is 25.7 Å². The molecule has 0 aromatic heterocycles. The van der Waals surface area contributed by atoms with Gasteiger partial charge in [-0.1, -0.05) is 0 Å². The van der Waals surface area contributed by atoms with Gasteiger partial charge in [0, 0.05) is 0 Å². The number of halogens is 3. The molecule has 0 amide bonds. The summed E-state index contributed by atoms with van der Waals surface area (Å²) < 4.78 is 1.41. The summed E-state index contributed by atoms with van der Waals surface area (Å²) in [6, 6.07) is 40.7. The molecule has 0 aliphatic heterocycles. The summed E-state index contributed by atoms with van der Waals surface area (Å²) in [5.41, 5.74) is 7.18. The Morgan fingerprint density at radius 3 is 1.24 bits per heavy atom. The smallest absolute Gasteiger partial charge is 1.00 e. The molecule has 0 atom stereocenters. The first kappa shape index (κ1) is 40.3. The van der Waals surface area contributed by atoms with E-state index in [1.807, 2.05) is 0 Å². The number of hydrogen-bond donors (Lipinski definition) is 0. The SMILES string of the molecule is CCCCc1ccc([Si](C2=C(c3ccccc3)[C]([Ti+3])=CC2)(c2ccc(CCCC)cc2)c2ccc(CCCC)cc2)cc1.[Cl-].[Cl-].[Cl-]. The summed E-state index contributed by atoms with van der Waals surface area (Å²) in [5, 5.41) is 6.13. The third kappa shape index (κ3) is 8.99. The standard InChI is InChI=1S/C41H47Si.3ClH.Ti/c1-4-7-14-33-21-27-37(28-22-33)42(38-29-23-34(24-30-38)15-8-5-2,39-31-25-35(26-32-39)16-9-6-3)41-20-13-19-40(41)36-17-11-10-12-18-36;;;;/h10-13,17-18,21-32H,4-9,14-16,20H2,1-3H3;3*1H;/q;;;;+3/p-3. The fraction of sp³-hybridized carbons (Fsp3) is 0.317. The van der Waals surface area contributed by atoms with Gasteiger partial charge in [-0.3, -0.25) is 0 Å². The van der Waals surface area contributed by atoms with Crippen molar-refractivity contribution in [3.63, 3.8) is 0 Å². The van der Waals surface area contributed by atoms with Gasteiger partial charge in [-0.2, -0.15) is 0 Å². The van der Waals surface area contributed by atoms with Gasteiger partial charge < -0.3 is 37.2 Å². The normalized spacial score (nSPS) is 12.6. The monoisotopic (exact) mass is 720 g/mol. The van der Waals surface area contributed by atoms with E-state index in [1.165, 1.54) is 85.8 Å². The van der Waals surface area contributed by atoms with Crippen LogP contribution in [-0.4, -0.2) is 8.07 Å².